The van der Waals surface area contributed by atoms with Crippen LogP contribution in [0.15, 0.2) is 34.4 Å². The highest BCUT2D eigenvalue weighted by Gasteiger charge is 2.34. The molecule has 0 saturated carbocycles. The number of thiocarbonyl (C=S) groups is 1. The van der Waals surface area contributed by atoms with Gasteiger partial charge < -0.3 is 9.84 Å². The molecule has 0 radical (unpaired) electrons. The second-order valence-electron chi connectivity index (χ2n) is 7.59. The Morgan fingerprint density at radius 3 is 2.61 bits per heavy atom. The molecule has 33 heavy (non-hydrogen) atoms. The Morgan fingerprint density at radius 1 is 1.30 bits per heavy atom. The van der Waals surface area contributed by atoms with E-state index in [9.17, 15) is 13.2 Å². The summed E-state index contributed by atoms with van der Waals surface area (Å²) in [6, 6.07) is 4.03. The number of sulfonamides is 1. The number of halogens is 1. The van der Waals surface area contributed by atoms with Crippen LogP contribution in [0.5, 0.6) is 0 Å². The molecule has 11 heteroatoms. The molecule has 0 spiro atoms. The minimum atomic E-state index is -4.12. The van der Waals surface area contributed by atoms with E-state index in [2.05, 4.69) is 21.3 Å². The average molecular weight is 505 g/mol. The van der Waals surface area contributed by atoms with Crippen LogP contribution in [0, 0.1) is 39.0 Å². The van der Waals surface area contributed by atoms with Gasteiger partial charge in [0.05, 0.1) is 22.9 Å². The van der Waals surface area contributed by atoms with Crippen molar-refractivity contribution < 1.29 is 17.7 Å². The number of amides is 1. The second kappa shape index (κ2) is 9.47. The number of allylic oxidation sites excluding steroid dienone is 2. The van der Waals surface area contributed by atoms with Gasteiger partial charge in [-0.3, -0.25) is 4.79 Å². The number of nitrogens with one attached hydrogen (secondary N) is 2. The topological polar surface area (TPSA) is 125 Å². The van der Waals surface area contributed by atoms with Gasteiger partial charge in [0.25, 0.3) is 11.8 Å². The molecule has 0 saturated heterocycles. The number of rotatable bonds is 6. The van der Waals surface area contributed by atoms with Crippen LogP contribution in [0.3, 0.4) is 0 Å². The van der Waals surface area contributed by atoms with E-state index in [4.69, 9.17) is 33.6 Å². The Bertz CT molecular complexity index is 1370. The predicted octanol–water partition coefficient (Wildman–Crippen LogP) is 4.24. The second-order valence-corrected chi connectivity index (χ2v) is 10.2. The summed E-state index contributed by atoms with van der Waals surface area (Å²) in [7, 11) is -4.12. The van der Waals surface area contributed by atoms with Crippen LogP contribution >= 0.6 is 23.8 Å². The zero-order chi connectivity index (χ0) is 24.5. The molecule has 1 aromatic heterocycles. The quantitative estimate of drug-likeness (QED) is 0.563. The number of benzene rings is 1. The van der Waals surface area contributed by atoms with Gasteiger partial charge in [0.1, 0.15) is 16.0 Å². The van der Waals surface area contributed by atoms with E-state index in [1.54, 1.807) is 6.92 Å². The van der Waals surface area contributed by atoms with E-state index >= 15 is 0 Å². The number of hydrogen-bond acceptors (Lipinski definition) is 7. The van der Waals surface area contributed by atoms with Crippen LogP contribution in [0.4, 0.5) is 11.6 Å². The summed E-state index contributed by atoms with van der Waals surface area (Å²) in [5, 5.41) is 14.3. The Labute approximate surface area is 202 Å². The lowest BCUT2D eigenvalue weighted by molar-refractivity contribution is -0.112. The predicted molar refractivity (Wildman–Crippen MR) is 131 cm³/mol. The molecule has 172 valence electrons. The molecule has 0 fully saturated rings. The van der Waals surface area contributed by atoms with E-state index < -0.39 is 21.2 Å². The summed E-state index contributed by atoms with van der Waals surface area (Å²) in [4.78, 5) is 13.0. The Kier molecular flexibility index (Phi) is 7.07. The van der Waals surface area contributed by atoms with Gasteiger partial charge in [0, 0.05) is 5.69 Å². The molecule has 1 unspecified atom stereocenters. The lowest BCUT2D eigenvalue weighted by Crippen LogP contribution is -2.37. The van der Waals surface area contributed by atoms with E-state index in [0.717, 1.165) is 22.3 Å². The molecule has 1 aromatic carbocycles. The van der Waals surface area contributed by atoms with Crippen molar-refractivity contribution in [3.8, 4) is 6.07 Å². The van der Waals surface area contributed by atoms with Crippen LogP contribution in [-0.2, 0) is 21.2 Å². The standard InChI is InChI=1S/C22H21ClN4O4S2/c1-11-10-12(2)19(13(3)15(11)8-9-24)25-21(28)16-6-5-7-17(20(16)32)33(29,30)27-22-18(23)14(4)26-31-22/h5-7,10,17,27H,8H2,1-4H3,(H,25,28). The molecular formula is C22H21ClN4O4S2. The molecule has 1 aliphatic carbocycles. The zero-order valence-electron chi connectivity index (χ0n) is 18.3. The first-order valence-corrected chi connectivity index (χ1v) is 12.1. The van der Waals surface area contributed by atoms with Gasteiger partial charge in [0.15, 0.2) is 0 Å². The van der Waals surface area contributed by atoms with Crippen molar-refractivity contribution in [2.75, 3.05) is 10.0 Å². The smallest absolute Gasteiger partial charge is 0.257 e. The summed E-state index contributed by atoms with van der Waals surface area (Å²) < 4.78 is 33.0. The summed E-state index contributed by atoms with van der Waals surface area (Å²) >= 11 is 11.4. The molecule has 0 aliphatic heterocycles. The van der Waals surface area contributed by atoms with Gasteiger partial charge in [-0.1, -0.05) is 47.2 Å². The first kappa shape index (κ1) is 24.6. The van der Waals surface area contributed by atoms with Crippen molar-refractivity contribution in [2.24, 2.45) is 0 Å². The van der Waals surface area contributed by atoms with Gasteiger partial charge in [0.2, 0.25) is 10.0 Å². The Hall–Kier alpha value is -3.00. The van der Waals surface area contributed by atoms with E-state index in [1.807, 2.05) is 26.8 Å². The number of carbonyl (C=O) groups is 1. The molecule has 1 aliphatic rings. The van der Waals surface area contributed by atoms with E-state index in [-0.39, 0.29) is 27.8 Å². The highest BCUT2D eigenvalue weighted by molar-refractivity contribution is 7.96. The van der Waals surface area contributed by atoms with Gasteiger partial charge in [-0.15, -0.1) is 0 Å². The molecule has 1 heterocycles. The normalized spacial score (nSPS) is 15.7. The molecule has 1 atom stereocenters. The van der Waals surface area contributed by atoms with Crippen molar-refractivity contribution in [3.05, 3.63) is 62.8 Å². The summed E-state index contributed by atoms with van der Waals surface area (Å²) in [6.07, 6.45) is 4.49. The molecular weight excluding hydrogens is 484 g/mol. The van der Waals surface area contributed by atoms with Crippen molar-refractivity contribution in [1.29, 1.82) is 5.26 Å². The van der Waals surface area contributed by atoms with Gasteiger partial charge in [-0.05, 0) is 56.0 Å². The van der Waals surface area contributed by atoms with Gasteiger partial charge in [-0.25, -0.2) is 13.1 Å². The first-order valence-electron chi connectivity index (χ1n) is 9.82. The number of anilines is 2. The highest BCUT2D eigenvalue weighted by Crippen LogP contribution is 2.30. The summed E-state index contributed by atoms with van der Waals surface area (Å²) in [5.41, 5.74) is 4.33. The van der Waals surface area contributed by atoms with Crippen molar-refractivity contribution in [2.45, 2.75) is 39.4 Å². The highest BCUT2D eigenvalue weighted by atomic mass is 35.5. The number of aryl methyl sites for hydroxylation is 3. The number of nitrogens with zero attached hydrogens (tertiary/aromatic N) is 2. The maximum atomic E-state index is 13.1. The fraction of sp³-hybridized carbons (Fsp3) is 0.273. The van der Waals surface area contributed by atoms with Crippen molar-refractivity contribution in [1.82, 2.24) is 5.16 Å². The third-order valence-corrected chi connectivity index (χ3v) is 7.90. The van der Waals surface area contributed by atoms with Crippen LogP contribution < -0.4 is 10.0 Å². The van der Waals surface area contributed by atoms with Crippen LogP contribution in [0.2, 0.25) is 5.02 Å². The molecule has 0 bridgehead atoms. The third kappa shape index (κ3) is 4.85. The lowest BCUT2D eigenvalue weighted by Gasteiger charge is -2.22. The first-order chi connectivity index (χ1) is 15.5. The van der Waals surface area contributed by atoms with Gasteiger partial charge in [-0.2, -0.15) is 5.26 Å². The zero-order valence-corrected chi connectivity index (χ0v) is 20.7. The third-order valence-electron chi connectivity index (χ3n) is 5.30. The van der Waals surface area contributed by atoms with E-state index in [0.29, 0.717) is 11.4 Å². The number of nitriles is 1. The number of aromatic nitrogens is 1. The van der Waals surface area contributed by atoms with Crippen molar-refractivity contribution in [3.63, 3.8) is 0 Å². The Balaban J connectivity index is 1.86. The molecule has 8 nitrogen and oxygen atoms in total. The minimum Gasteiger partial charge on any atom is -0.336 e. The van der Waals surface area contributed by atoms with Gasteiger partial charge >= 0.3 is 0 Å². The van der Waals surface area contributed by atoms with Crippen molar-refractivity contribution >= 4 is 56.2 Å². The average Bonchev–Trinajstić information content (AvgIpc) is 3.05. The maximum absolute atomic E-state index is 13.1. The molecule has 2 aromatic rings. The largest absolute Gasteiger partial charge is 0.336 e. The fourth-order valence-electron chi connectivity index (χ4n) is 3.57. The van der Waals surface area contributed by atoms with Crippen LogP contribution in [0.1, 0.15) is 27.9 Å². The minimum absolute atomic E-state index is 0.0382. The molecule has 1 amide bonds. The number of hydrogen-bond donors (Lipinski definition) is 2. The summed E-state index contributed by atoms with van der Waals surface area (Å²) in [5.74, 6) is -0.766. The molecule has 3 rings (SSSR count). The van der Waals surface area contributed by atoms with Crippen LogP contribution in [-0.4, -0.2) is 29.6 Å². The monoisotopic (exact) mass is 504 g/mol. The summed E-state index contributed by atoms with van der Waals surface area (Å²) in [6.45, 7) is 7.15. The fourth-order valence-corrected chi connectivity index (χ4v) is 5.60. The Morgan fingerprint density at radius 2 is 2.00 bits per heavy atom. The lowest BCUT2D eigenvalue weighted by atomic mass is 9.95. The maximum Gasteiger partial charge on any atom is 0.257 e. The molecule has 2 N–H and O–H groups in total. The van der Waals surface area contributed by atoms with E-state index in [1.165, 1.54) is 18.2 Å². The van der Waals surface area contributed by atoms with Crippen LogP contribution in [0.25, 0.3) is 0 Å². The number of carbonyl (C=O) groups excluding carboxylic acids is 1. The SMILES string of the molecule is Cc1cc(C)c(NC(=O)C2=CC=CC(S(=O)(=O)Nc3onc(C)c3Cl)C2=S)c(C)c1CC#N.